The van der Waals surface area contributed by atoms with Crippen LogP contribution in [0.25, 0.3) is 0 Å². The average Bonchev–Trinajstić information content (AvgIpc) is 2.93. The van der Waals surface area contributed by atoms with Crippen LogP contribution in [0.2, 0.25) is 0 Å². The molecule has 1 aromatic heterocycles. The highest BCUT2D eigenvalue weighted by Crippen LogP contribution is 2.18. The molecule has 0 bridgehead atoms. The lowest BCUT2D eigenvalue weighted by Crippen LogP contribution is -2.34. The minimum Gasteiger partial charge on any atom is -0.205 e. The predicted octanol–water partition coefficient (Wildman–Crippen LogP) is 12.3. The van der Waals surface area contributed by atoms with Crippen molar-refractivity contribution in [2.45, 2.75) is 207 Å². The monoisotopic (exact) mass is 529 g/mol. The quantitative estimate of drug-likeness (QED) is 0.0719. The predicted molar refractivity (Wildman–Crippen MR) is 171 cm³/mol. The van der Waals surface area contributed by atoms with Gasteiger partial charge in [-0.2, -0.15) is 0 Å². The molecule has 0 saturated heterocycles. The SMILES string of the molecule is CCCCCCCCCCCCc1cc[n+](CCCCCCCC)cc1CCCCCCCCCCCC. The first-order valence-electron chi connectivity index (χ1n) is 17.8. The van der Waals surface area contributed by atoms with Gasteiger partial charge in [-0.05, 0) is 37.7 Å². The van der Waals surface area contributed by atoms with Crippen LogP contribution in [0.4, 0.5) is 0 Å². The maximum atomic E-state index is 2.53. The van der Waals surface area contributed by atoms with Gasteiger partial charge in [0.1, 0.15) is 6.54 Å². The first kappa shape index (κ1) is 35.2. The van der Waals surface area contributed by atoms with Crippen molar-refractivity contribution in [3.63, 3.8) is 0 Å². The molecule has 0 aromatic carbocycles. The molecule has 0 spiro atoms. The van der Waals surface area contributed by atoms with Crippen LogP contribution in [0, 0.1) is 0 Å². The molecule has 0 atom stereocenters. The molecule has 0 aliphatic heterocycles. The van der Waals surface area contributed by atoms with Gasteiger partial charge in [-0.25, -0.2) is 4.57 Å². The first-order valence-corrected chi connectivity index (χ1v) is 17.8. The van der Waals surface area contributed by atoms with Gasteiger partial charge in [-0.1, -0.05) is 162 Å². The number of pyridine rings is 1. The number of hydrogen-bond acceptors (Lipinski definition) is 0. The number of aryl methyl sites for hydroxylation is 3. The topological polar surface area (TPSA) is 3.88 Å². The van der Waals surface area contributed by atoms with E-state index in [1.54, 1.807) is 11.1 Å². The number of nitrogens with zero attached hydrogens (tertiary/aromatic N) is 1. The molecule has 222 valence electrons. The standard InChI is InChI=1S/C37H70N/c1-4-7-10-13-16-18-20-22-24-27-30-36-32-34-38(33-29-26-15-12-9-6-3)35-37(36)31-28-25-23-21-19-17-14-11-8-5-2/h32,34-35H,4-31,33H2,1-3H3/q+1. The van der Waals surface area contributed by atoms with Crippen LogP contribution in [0.1, 0.15) is 199 Å². The molecule has 1 heteroatoms. The molecule has 0 fully saturated rings. The van der Waals surface area contributed by atoms with Crippen LogP contribution in [-0.4, -0.2) is 0 Å². The van der Waals surface area contributed by atoms with Gasteiger partial charge in [-0.3, -0.25) is 0 Å². The average molecular weight is 529 g/mol. The van der Waals surface area contributed by atoms with Crippen molar-refractivity contribution >= 4 is 0 Å². The Morgan fingerprint density at radius 1 is 0.395 bits per heavy atom. The van der Waals surface area contributed by atoms with Crippen LogP contribution in [0.5, 0.6) is 0 Å². The van der Waals surface area contributed by atoms with Crippen LogP contribution in [0.15, 0.2) is 18.5 Å². The Morgan fingerprint density at radius 2 is 0.737 bits per heavy atom. The minimum absolute atomic E-state index is 1.20. The summed E-state index contributed by atoms with van der Waals surface area (Å²) < 4.78 is 2.51. The Bertz CT molecular complexity index is 607. The Labute approximate surface area is 241 Å². The highest BCUT2D eigenvalue weighted by Gasteiger charge is 2.10. The van der Waals surface area contributed by atoms with E-state index in [0.29, 0.717) is 0 Å². The summed E-state index contributed by atoms with van der Waals surface area (Å²) in [6.45, 7) is 8.13. The van der Waals surface area contributed by atoms with E-state index in [1.807, 2.05) is 0 Å². The van der Waals surface area contributed by atoms with E-state index in [2.05, 4.69) is 43.8 Å². The fourth-order valence-corrected chi connectivity index (χ4v) is 5.91. The zero-order valence-electron chi connectivity index (χ0n) is 26.7. The summed E-state index contributed by atoms with van der Waals surface area (Å²) >= 11 is 0. The zero-order valence-corrected chi connectivity index (χ0v) is 26.7. The van der Waals surface area contributed by atoms with Gasteiger partial charge in [0.05, 0.1) is 0 Å². The zero-order chi connectivity index (χ0) is 27.4. The van der Waals surface area contributed by atoms with E-state index in [9.17, 15) is 0 Å². The molecule has 0 amide bonds. The van der Waals surface area contributed by atoms with Crippen molar-refractivity contribution in [3.05, 3.63) is 29.6 Å². The van der Waals surface area contributed by atoms with Crippen LogP contribution in [-0.2, 0) is 19.4 Å². The molecule has 0 radical (unpaired) electrons. The first-order chi connectivity index (χ1) is 18.8. The number of hydrogen-bond donors (Lipinski definition) is 0. The Balaban J connectivity index is 2.36. The minimum atomic E-state index is 1.20. The third-order valence-electron chi connectivity index (χ3n) is 8.57. The molecule has 38 heavy (non-hydrogen) atoms. The van der Waals surface area contributed by atoms with E-state index in [-0.39, 0.29) is 0 Å². The number of rotatable bonds is 29. The fourth-order valence-electron chi connectivity index (χ4n) is 5.91. The van der Waals surface area contributed by atoms with Gasteiger partial charge >= 0.3 is 0 Å². The summed E-state index contributed by atoms with van der Waals surface area (Å²) in [5.41, 5.74) is 3.31. The third-order valence-corrected chi connectivity index (χ3v) is 8.57. The molecular weight excluding hydrogens is 458 g/mol. The van der Waals surface area contributed by atoms with Crippen molar-refractivity contribution in [1.29, 1.82) is 0 Å². The van der Waals surface area contributed by atoms with Crippen molar-refractivity contribution in [3.8, 4) is 0 Å². The second-order valence-corrected chi connectivity index (χ2v) is 12.4. The van der Waals surface area contributed by atoms with Gasteiger partial charge in [0.15, 0.2) is 12.4 Å². The molecule has 0 aliphatic carbocycles. The van der Waals surface area contributed by atoms with Gasteiger partial charge in [-0.15, -0.1) is 0 Å². The maximum Gasteiger partial charge on any atom is 0.172 e. The van der Waals surface area contributed by atoms with E-state index in [0.717, 1.165) is 0 Å². The molecule has 0 N–H and O–H groups in total. The van der Waals surface area contributed by atoms with Crippen LogP contribution in [0.3, 0.4) is 0 Å². The lowest BCUT2D eigenvalue weighted by atomic mass is 9.97. The van der Waals surface area contributed by atoms with Gasteiger partial charge in [0.25, 0.3) is 0 Å². The van der Waals surface area contributed by atoms with E-state index in [1.165, 1.54) is 186 Å². The van der Waals surface area contributed by atoms with Crippen molar-refractivity contribution < 1.29 is 4.57 Å². The van der Waals surface area contributed by atoms with Gasteiger partial charge < -0.3 is 0 Å². The highest BCUT2D eigenvalue weighted by molar-refractivity contribution is 5.21. The lowest BCUT2D eigenvalue weighted by molar-refractivity contribution is -0.697. The maximum absolute atomic E-state index is 2.53. The summed E-state index contributed by atoms with van der Waals surface area (Å²) in [6, 6.07) is 2.48. The Kier molecular flexibility index (Phi) is 25.6. The van der Waals surface area contributed by atoms with Gasteiger partial charge in [0, 0.05) is 18.1 Å². The summed E-state index contributed by atoms with van der Waals surface area (Å²) in [6.07, 6.45) is 44.4. The second-order valence-electron chi connectivity index (χ2n) is 12.4. The third kappa shape index (κ3) is 21.0. The van der Waals surface area contributed by atoms with Crippen molar-refractivity contribution in [2.24, 2.45) is 0 Å². The Hall–Kier alpha value is -0.850. The lowest BCUT2D eigenvalue weighted by Gasteiger charge is -2.10. The molecular formula is C37H70N+. The molecule has 0 aliphatic rings. The van der Waals surface area contributed by atoms with Crippen LogP contribution >= 0.6 is 0 Å². The summed E-state index contributed by atoms with van der Waals surface area (Å²) in [5.74, 6) is 0. The summed E-state index contributed by atoms with van der Waals surface area (Å²) in [4.78, 5) is 0. The summed E-state index contributed by atoms with van der Waals surface area (Å²) in [7, 11) is 0. The molecule has 1 heterocycles. The number of aromatic nitrogens is 1. The van der Waals surface area contributed by atoms with Crippen molar-refractivity contribution in [1.82, 2.24) is 0 Å². The van der Waals surface area contributed by atoms with Gasteiger partial charge in [0.2, 0.25) is 0 Å². The van der Waals surface area contributed by atoms with E-state index in [4.69, 9.17) is 0 Å². The smallest absolute Gasteiger partial charge is 0.172 e. The normalized spacial score (nSPS) is 11.4. The van der Waals surface area contributed by atoms with Crippen LogP contribution < -0.4 is 4.57 Å². The Morgan fingerprint density at radius 3 is 1.16 bits per heavy atom. The highest BCUT2D eigenvalue weighted by atomic mass is 14.9. The molecule has 0 saturated carbocycles. The second kappa shape index (κ2) is 27.7. The molecule has 1 nitrogen and oxygen atoms in total. The molecule has 0 unspecified atom stereocenters. The largest absolute Gasteiger partial charge is 0.205 e. The van der Waals surface area contributed by atoms with Crippen molar-refractivity contribution in [2.75, 3.05) is 0 Å². The van der Waals surface area contributed by atoms with E-state index < -0.39 is 0 Å². The fraction of sp³-hybridized carbons (Fsp3) is 0.865. The molecule has 1 aromatic rings. The number of unbranched alkanes of at least 4 members (excludes halogenated alkanes) is 23. The van der Waals surface area contributed by atoms with E-state index >= 15 is 0 Å². The molecule has 1 rings (SSSR count). The summed E-state index contributed by atoms with van der Waals surface area (Å²) in [5, 5.41) is 0.